The molecule has 0 saturated heterocycles. The summed E-state index contributed by atoms with van der Waals surface area (Å²) >= 11 is 0. The third-order valence-corrected chi connectivity index (χ3v) is 3.40. The van der Waals surface area contributed by atoms with E-state index >= 15 is 0 Å². The molecule has 0 fully saturated rings. The molecule has 0 aliphatic rings. The number of unbranched alkanes of at least 4 members (excludes halogenated alkanes) is 8. The summed E-state index contributed by atoms with van der Waals surface area (Å²) in [5.74, 6) is 0. The van der Waals surface area contributed by atoms with Gasteiger partial charge in [-0.3, -0.25) is 0 Å². The van der Waals surface area contributed by atoms with Crippen LogP contribution in [-0.2, 0) is 9.47 Å². The van der Waals surface area contributed by atoms with Crippen molar-refractivity contribution in [2.45, 2.75) is 91.1 Å². The second-order valence-corrected chi connectivity index (χ2v) is 5.58. The lowest BCUT2D eigenvalue weighted by molar-refractivity contribution is -0.00831. The fourth-order valence-electron chi connectivity index (χ4n) is 2.06. The molecule has 0 amide bonds. The molecule has 0 radical (unpaired) electrons. The molecule has 19 heavy (non-hydrogen) atoms. The molecule has 2 heteroatoms. The average Bonchev–Trinajstić information content (AvgIpc) is 2.41. The van der Waals surface area contributed by atoms with E-state index in [1.54, 1.807) is 0 Å². The summed E-state index contributed by atoms with van der Waals surface area (Å²) in [6.45, 7) is 9.08. The molecule has 1 atom stereocenters. The predicted octanol–water partition coefficient (Wildman–Crippen LogP) is 5.35. The third kappa shape index (κ3) is 15.9. The smallest absolute Gasteiger partial charge is 0.0780 e. The van der Waals surface area contributed by atoms with E-state index in [1.807, 2.05) is 0 Å². The van der Waals surface area contributed by atoms with E-state index in [0.29, 0.717) is 0 Å². The van der Waals surface area contributed by atoms with E-state index in [4.69, 9.17) is 9.47 Å². The monoisotopic (exact) mass is 272 g/mol. The summed E-state index contributed by atoms with van der Waals surface area (Å²) in [5.41, 5.74) is 0. The second kappa shape index (κ2) is 16.0. The van der Waals surface area contributed by atoms with Crippen molar-refractivity contribution in [2.24, 2.45) is 0 Å². The lowest BCUT2D eigenvalue weighted by atomic mass is 10.1. The Morgan fingerprint density at radius 3 is 1.89 bits per heavy atom. The van der Waals surface area contributed by atoms with Crippen molar-refractivity contribution in [2.75, 3.05) is 19.8 Å². The molecule has 0 aromatic heterocycles. The van der Waals surface area contributed by atoms with Gasteiger partial charge < -0.3 is 9.47 Å². The highest BCUT2D eigenvalue weighted by atomic mass is 16.5. The van der Waals surface area contributed by atoms with E-state index in [0.717, 1.165) is 26.2 Å². The van der Waals surface area contributed by atoms with Crippen LogP contribution in [0.4, 0.5) is 0 Å². The van der Waals surface area contributed by atoms with Crippen LogP contribution in [0.5, 0.6) is 0 Å². The van der Waals surface area contributed by atoms with Crippen molar-refractivity contribution in [3.63, 3.8) is 0 Å². The topological polar surface area (TPSA) is 18.5 Å². The van der Waals surface area contributed by atoms with E-state index < -0.39 is 0 Å². The van der Waals surface area contributed by atoms with Gasteiger partial charge in [0.05, 0.1) is 12.7 Å². The fourth-order valence-corrected chi connectivity index (χ4v) is 2.06. The normalized spacial score (nSPS) is 12.8. The van der Waals surface area contributed by atoms with Crippen molar-refractivity contribution in [3.05, 3.63) is 0 Å². The maximum Gasteiger partial charge on any atom is 0.0780 e. The standard InChI is InChI=1S/C17H36O2/c1-4-6-8-9-10-11-12-13-14-18-16-17(3)19-15-7-5-2/h17H,4-16H2,1-3H3. The fraction of sp³-hybridized carbons (Fsp3) is 1.00. The molecule has 0 aliphatic heterocycles. The molecule has 0 bridgehead atoms. The zero-order valence-corrected chi connectivity index (χ0v) is 13.6. The van der Waals surface area contributed by atoms with Gasteiger partial charge in [-0.25, -0.2) is 0 Å². The van der Waals surface area contributed by atoms with Crippen molar-refractivity contribution in [3.8, 4) is 0 Å². The van der Waals surface area contributed by atoms with Gasteiger partial charge in [0, 0.05) is 13.2 Å². The molecule has 0 heterocycles. The first-order valence-corrected chi connectivity index (χ1v) is 8.50. The molecule has 0 rings (SSSR count). The number of rotatable bonds is 15. The van der Waals surface area contributed by atoms with Crippen LogP contribution >= 0.6 is 0 Å². The van der Waals surface area contributed by atoms with E-state index in [2.05, 4.69) is 20.8 Å². The van der Waals surface area contributed by atoms with Crippen LogP contribution in [0.25, 0.3) is 0 Å². The highest BCUT2D eigenvalue weighted by molar-refractivity contribution is 4.49. The van der Waals surface area contributed by atoms with E-state index in [9.17, 15) is 0 Å². The summed E-state index contributed by atoms with van der Waals surface area (Å²) in [5, 5.41) is 0. The van der Waals surface area contributed by atoms with Crippen LogP contribution < -0.4 is 0 Å². The van der Waals surface area contributed by atoms with Gasteiger partial charge >= 0.3 is 0 Å². The molecular formula is C17H36O2. The van der Waals surface area contributed by atoms with Gasteiger partial charge in [0.1, 0.15) is 0 Å². The van der Waals surface area contributed by atoms with Crippen molar-refractivity contribution in [1.82, 2.24) is 0 Å². The van der Waals surface area contributed by atoms with Gasteiger partial charge in [-0.05, 0) is 19.8 Å². The van der Waals surface area contributed by atoms with Crippen LogP contribution in [0.15, 0.2) is 0 Å². The minimum Gasteiger partial charge on any atom is -0.379 e. The van der Waals surface area contributed by atoms with Crippen LogP contribution in [0, 0.1) is 0 Å². The first-order chi connectivity index (χ1) is 9.31. The van der Waals surface area contributed by atoms with Gasteiger partial charge in [0.25, 0.3) is 0 Å². The van der Waals surface area contributed by atoms with Gasteiger partial charge in [0.2, 0.25) is 0 Å². The maximum absolute atomic E-state index is 5.65. The zero-order valence-electron chi connectivity index (χ0n) is 13.6. The molecule has 1 unspecified atom stereocenters. The number of hydrogen-bond donors (Lipinski definition) is 0. The highest BCUT2D eigenvalue weighted by Gasteiger charge is 2.01. The summed E-state index contributed by atoms with van der Waals surface area (Å²) in [6.07, 6.45) is 13.5. The zero-order chi connectivity index (χ0) is 14.2. The van der Waals surface area contributed by atoms with Crippen molar-refractivity contribution in [1.29, 1.82) is 0 Å². The first kappa shape index (κ1) is 18.9. The van der Waals surface area contributed by atoms with Crippen LogP contribution in [0.1, 0.15) is 85.0 Å². The molecule has 0 aromatic carbocycles. The maximum atomic E-state index is 5.65. The quantitative estimate of drug-likeness (QED) is 0.374. The molecular weight excluding hydrogens is 236 g/mol. The minimum absolute atomic E-state index is 0.251. The van der Waals surface area contributed by atoms with Gasteiger partial charge in [0.15, 0.2) is 0 Å². The lowest BCUT2D eigenvalue weighted by Gasteiger charge is -2.13. The number of ether oxygens (including phenoxy) is 2. The Hall–Kier alpha value is -0.0800. The molecule has 116 valence electrons. The van der Waals surface area contributed by atoms with Gasteiger partial charge in [-0.2, -0.15) is 0 Å². The lowest BCUT2D eigenvalue weighted by Crippen LogP contribution is -2.17. The third-order valence-electron chi connectivity index (χ3n) is 3.40. The molecule has 0 aromatic rings. The Kier molecular flexibility index (Phi) is 15.9. The average molecular weight is 272 g/mol. The minimum atomic E-state index is 0.251. The Balaban J connectivity index is 3.05. The summed E-state index contributed by atoms with van der Waals surface area (Å²) in [7, 11) is 0. The van der Waals surface area contributed by atoms with Crippen molar-refractivity contribution >= 4 is 0 Å². The Labute approximate surface area is 121 Å². The molecule has 0 aliphatic carbocycles. The Morgan fingerprint density at radius 2 is 1.26 bits per heavy atom. The summed E-state index contributed by atoms with van der Waals surface area (Å²) in [6, 6.07) is 0. The van der Waals surface area contributed by atoms with E-state index in [1.165, 1.54) is 57.8 Å². The molecule has 2 nitrogen and oxygen atoms in total. The second-order valence-electron chi connectivity index (χ2n) is 5.58. The molecule has 0 N–H and O–H groups in total. The summed E-state index contributed by atoms with van der Waals surface area (Å²) < 4.78 is 11.3. The largest absolute Gasteiger partial charge is 0.379 e. The molecule has 0 saturated carbocycles. The van der Waals surface area contributed by atoms with Gasteiger partial charge in [-0.1, -0.05) is 65.2 Å². The van der Waals surface area contributed by atoms with Crippen LogP contribution in [0.3, 0.4) is 0 Å². The van der Waals surface area contributed by atoms with Crippen LogP contribution in [-0.4, -0.2) is 25.9 Å². The van der Waals surface area contributed by atoms with E-state index in [-0.39, 0.29) is 6.10 Å². The van der Waals surface area contributed by atoms with Crippen LogP contribution in [0.2, 0.25) is 0 Å². The Bertz CT molecular complexity index is 159. The molecule has 0 spiro atoms. The van der Waals surface area contributed by atoms with Crippen molar-refractivity contribution < 1.29 is 9.47 Å². The predicted molar refractivity (Wildman–Crippen MR) is 83.8 cm³/mol. The summed E-state index contributed by atoms with van der Waals surface area (Å²) in [4.78, 5) is 0. The van der Waals surface area contributed by atoms with Gasteiger partial charge in [-0.15, -0.1) is 0 Å². The SMILES string of the molecule is CCCCCCCCCCOCC(C)OCCCC. The first-order valence-electron chi connectivity index (χ1n) is 8.50. The Morgan fingerprint density at radius 1 is 0.684 bits per heavy atom. The number of hydrogen-bond acceptors (Lipinski definition) is 2. The highest BCUT2D eigenvalue weighted by Crippen LogP contribution is 2.08.